The van der Waals surface area contributed by atoms with Gasteiger partial charge < -0.3 is 14.8 Å². The molecule has 144 valence electrons. The third-order valence-electron chi connectivity index (χ3n) is 5.18. The van der Waals surface area contributed by atoms with Gasteiger partial charge in [0.25, 0.3) is 0 Å². The summed E-state index contributed by atoms with van der Waals surface area (Å²) in [6.07, 6.45) is 2.07. The summed E-state index contributed by atoms with van der Waals surface area (Å²) in [4.78, 5) is 14.9. The summed E-state index contributed by atoms with van der Waals surface area (Å²) in [5.41, 5.74) is 2.19. The molecule has 0 aromatic heterocycles. The van der Waals surface area contributed by atoms with Crippen LogP contribution in [0.5, 0.6) is 11.5 Å². The first-order valence-electron chi connectivity index (χ1n) is 9.42. The molecule has 0 spiro atoms. The predicted octanol–water partition coefficient (Wildman–Crippen LogP) is 3.72. The summed E-state index contributed by atoms with van der Waals surface area (Å²) in [5.74, 6) is 1.69. The molecule has 1 heterocycles. The molecular formula is C22H28N2O3. The number of rotatable bonds is 7. The quantitative estimate of drug-likeness (QED) is 0.809. The maximum absolute atomic E-state index is 12.6. The van der Waals surface area contributed by atoms with Crippen molar-refractivity contribution in [3.63, 3.8) is 0 Å². The maximum atomic E-state index is 12.6. The first-order chi connectivity index (χ1) is 13.1. The van der Waals surface area contributed by atoms with Crippen molar-refractivity contribution in [2.24, 2.45) is 0 Å². The van der Waals surface area contributed by atoms with Crippen molar-refractivity contribution in [1.82, 2.24) is 10.2 Å². The van der Waals surface area contributed by atoms with Crippen LogP contribution in [0.15, 0.2) is 48.5 Å². The van der Waals surface area contributed by atoms with E-state index in [-0.39, 0.29) is 18.0 Å². The largest absolute Gasteiger partial charge is 0.497 e. The number of ether oxygens (including phenoxy) is 2. The number of amides is 1. The fourth-order valence-electron chi connectivity index (χ4n) is 3.76. The standard InChI is InChI=1S/C22H28N2O3/c1-16(17-8-5-4-6-9-17)23-22(25)15-24-13-7-10-20(24)19-14-18(26-2)11-12-21(19)27-3/h4-6,8-9,11-12,14,16,20H,7,10,13,15H2,1-3H3,(H,23,25)/t16-,20+/m1/s1. The fraction of sp³-hybridized carbons (Fsp3) is 0.409. The van der Waals surface area contributed by atoms with E-state index >= 15 is 0 Å². The highest BCUT2D eigenvalue weighted by atomic mass is 16.5. The first-order valence-corrected chi connectivity index (χ1v) is 9.42. The monoisotopic (exact) mass is 368 g/mol. The maximum Gasteiger partial charge on any atom is 0.234 e. The molecule has 1 aliphatic heterocycles. The number of carbonyl (C=O) groups excluding carboxylic acids is 1. The minimum absolute atomic E-state index is 0.00823. The SMILES string of the molecule is COc1ccc(OC)c([C@@H]2CCCN2CC(=O)N[C@H](C)c2ccccc2)c1. The van der Waals surface area contributed by atoms with Gasteiger partial charge in [-0.05, 0) is 50.1 Å². The van der Waals surface area contributed by atoms with Crippen LogP contribution in [0, 0.1) is 0 Å². The molecule has 1 N–H and O–H groups in total. The Kier molecular flexibility index (Phi) is 6.35. The molecule has 1 saturated heterocycles. The van der Waals surface area contributed by atoms with Crippen molar-refractivity contribution in [3.8, 4) is 11.5 Å². The minimum Gasteiger partial charge on any atom is -0.497 e. The van der Waals surface area contributed by atoms with E-state index in [2.05, 4.69) is 10.2 Å². The lowest BCUT2D eigenvalue weighted by Crippen LogP contribution is -2.38. The van der Waals surface area contributed by atoms with Crippen LogP contribution < -0.4 is 14.8 Å². The van der Waals surface area contributed by atoms with Gasteiger partial charge in [0.15, 0.2) is 0 Å². The van der Waals surface area contributed by atoms with Crippen molar-refractivity contribution in [1.29, 1.82) is 0 Å². The normalized spacial score (nSPS) is 18.1. The van der Waals surface area contributed by atoms with Crippen LogP contribution in [0.4, 0.5) is 0 Å². The topological polar surface area (TPSA) is 50.8 Å². The van der Waals surface area contributed by atoms with Gasteiger partial charge in [0.05, 0.1) is 26.8 Å². The summed E-state index contributed by atoms with van der Waals surface area (Å²) in [7, 11) is 3.34. The van der Waals surface area contributed by atoms with E-state index in [0.717, 1.165) is 42.0 Å². The van der Waals surface area contributed by atoms with Crippen molar-refractivity contribution < 1.29 is 14.3 Å². The number of nitrogens with one attached hydrogen (secondary N) is 1. The lowest BCUT2D eigenvalue weighted by molar-refractivity contribution is -0.123. The van der Waals surface area contributed by atoms with Gasteiger partial charge in [-0.1, -0.05) is 30.3 Å². The highest BCUT2D eigenvalue weighted by molar-refractivity contribution is 5.78. The molecule has 5 nitrogen and oxygen atoms in total. The average molecular weight is 368 g/mol. The van der Waals surface area contributed by atoms with Gasteiger partial charge >= 0.3 is 0 Å². The molecule has 0 saturated carbocycles. The fourth-order valence-corrected chi connectivity index (χ4v) is 3.76. The molecule has 2 atom stereocenters. The van der Waals surface area contributed by atoms with Crippen LogP contribution in [0.3, 0.4) is 0 Å². The van der Waals surface area contributed by atoms with Crippen molar-refractivity contribution in [3.05, 3.63) is 59.7 Å². The van der Waals surface area contributed by atoms with Crippen molar-refractivity contribution in [2.75, 3.05) is 27.3 Å². The number of nitrogens with zero attached hydrogens (tertiary/aromatic N) is 1. The molecule has 2 aromatic rings. The third kappa shape index (κ3) is 4.61. The molecular weight excluding hydrogens is 340 g/mol. The van der Waals surface area contributed by atoms with Gasteiger partial charge in [-0.15, -0.1) is 0 Å². The number of benzene rings is 2. The molecule has 0 radical (unpaired) electrons. The molecule has 0 bridgehead atoms. The molecule has 2 aromatic carbocycles. The van der Waals surface area contributed by atoms with Gasteiger partial charge in [0.2, 0.25) is 5.91 Å². The molecule has 0 aliphatic carbocycles. The van der Waals surface area contributed by atoms with Crippen LogP contribution in [-0.4, -0.2) is 38.1 Å². The first kappa shape index (κ1) is 19.2. The minimum atomic E-state index is -0.00823. The summed E-state index contributed by atoms with van der Waals surface area (Å²) in [5, 5.41) is 3.11. The Labute approximate surface area is 161 Å². The van der Waals surface area contributed by atoms with Gasteiger partial charge in [-0.25, -0.2) is 0 Å². The van der Waals surface area contributed by atoms with E-state index in [1.807, 2.05) is 55.5 Å². The number of methoxy groups -OCH3 is 2. The van der Waals surface area contributed by atoms with Gasteiger partial charge in [0, 0.05) is 11.6 Å². The van der Waals surface area contributed by atoms with Crippen LogP contribution in [0.1, 0.15) is 43.0 Å². The zero-order valence-corrected chi connectivity index (χ0v) is 16.3. The lowest BCUT2D eigenvalue weighted by atomic mass is 10.0. The van der Waals surface area contributed by atoms with Gasteiger partial charge in [-0.3, -0.25) is 9.69 Å². The Morgan fingerprint density at radius 1 is 1.19 bits per heavy atom. The summed E-state index contributed by atoms with van der Waals surface area (Å²) in [6, 6.07) is 16.0. The number of hydrogen-bond donors (Lipinski definition) is 1. The Morgan fingerprint density at radius 3 is 2.67 bits per heavy atom. The third-order valence-corrected chi connectivity index (χ3v) is 5.18. The van der Waals surface area contributed by atoms with Crippen LogP contribution in [0.2, 0.25) is 0 Å². The van der Waals surface area contributed by atoms with E-state index in [9.17, 15) is 4.79 Å². The summed E-state index contributed by atoms with van der Waals surface area (Å²) in [6.45, 7) is 3.29. The van der Waals surface area contributed by atoms with E-state index in [1.54, 1.807) is 14.2 Å². The number of hydrogen-bond acceptors (Lipinski definition) is 4. The lowest BCUT2D eigenvalue weighted by Gasteiger charge is -2.26. The highest BCUT2D eigenvalue weighted by Crippen LogP contribution is 2.38. The average Bonchev–Trinajstić information content (AvgIpc) is 3.15. The highest BCUT2D eigenvalue weighted by Gasteiger charge is 2.30. The van der Waals surface area contributed by atoms with Crippen LogP contribution in [0.25, 0.3) is 0 Å². The molecule has 3 rings (SSSR count). The van der Waals surface area contributed by atoms with E-state index in [4.69, 9.17) is 9.47 Å². The Morgan fingerprint density at radius 2 is 1.96 bits per heavy atom. The number of carbonyl (C=O) groups is 1. The molecule has 5 heteroatoms. The summed E-state index contributed by atoms with van der Waals surface area (Å²) >= 11 is 0. The van der Waals surface area contributed by atoms with Crippen LogP contribution in [-0.2, 0) is 4.79 Å². The van der Waals surface area contributed by atoms with Gasteiger partial charge in [0.1, 0.15) is 11.5 Å². The Balaban J connectivity index is 1.69. The Hall–Kier alpha value is -2.53. The van der Waals surface area contributed by atoms with E-state index < -0.39 is 0 Å². The second-order valence-electron chi connectivity index (χ2n) is 6.94. The smallest absolute Gasteiger partial charge is 0.234 e. The Bertz CT molecular complexity index is 763. The number of likely N-dealkylation sites (tertiary alicyclic amines) is 1. The molecule has 27 heavy (non-hydrogen) atoms. The predicted molar refractivity (Wildman–Crippen MR) is 106 cm³/mol. The van der Waals surface area contributed by atoms with Crippen molar-refractivity contribution in [2.45, 2.75) is 31.8 Å². The second kappa shape index (κ2) is 8.91. The molecule has 0 unspecified atom stereocenters. The van der Waals surface area contributed by atoms with Crippen molar-refractivity contribution >= 4 is 5.91 Å². The zero-order chi connectivity index (χ0) is 19.2. The summed E-state index contributed by atoms with van der Waals surface area (Å²) < 4.78 is 10.9. The molecule has 1 aliphatic rings. The van der Waals surface area contributed by atoms with Crippen LogP contribution >= 0.6 is 0 Å². The second-order valence-corrected chi connectivity index (χ2v) is 6.94. The van der Waals surface area contributed by atoms with E-state index in [1.165, 1.54) is 0 Å². The molecule has 1 fully saturated rings. The van der Waals surface area contributed by atoms with Gasteiger partial charge in [-0.2, -0.15) is 0 Å². The van der Waals surface area contributed by atoms with E-state index in [0.29, 0.717) is 6.54 Å². The molecule has 1 amide bonds. The zero-order valence-electron chi connectivity index (χ0n) is 16.3.